The van der Waals surface area contributed by atoms with Gasteiger partial charge in [0.2, 0.25) is 0 Å². The van der Waals surface area contributed by atoms with Gasteiger partial charge in [0, 0.05) is 12.7 Å². The van der Waals surface area contributed by atoms with Gasteiger partial charge in [0.05, 0.1) is 11.5 Å². The second-order valence-corrected chi connectivity index (χ2v) is 2.62. The molecule has 0 unspecified atom stereocenters. The van der Waals surface area contributed by atoms with Crippen LogP contribution in [0.2, 0.25) is 0 Å². The van der Waals surface area contributed by atoms with Crippen molar-refractivity contribution in [3.05, 3.63) is 17.8 Å². The number of hydrogen-bond acceptors (Lipinski definition) is 3. The van der Waals surface area contributed by atoms with Crippen molar-refractivity contribution in [2.24, 2.45) is 7.05 Å². The first-order chi connectivity index (χ1) is 5.79. The molecule has 0 saturated carbocycles. The van der Waals surface area contributed by atoms with Crippen LogP contribution in [0.1, 0.15) is 5.69 Å². The van der Waals surface area contributed by atoms with Gasteiger partial charge in [-0.05, 0) is 19.1 Å². The Hall–Kier alpha value is -1.65. The number of tetrazole rings is 1. The first-order valence-corrected chi connectivity index (χ1v) is 3.60. The van der Waals surface area contributed by atoms with Gasteiger partial charge >= 0.3 is 0 Å². The minimum Gasteiger partial charge on any atom is -0.348 e. The van der Waals surface area contributed by atoms with E-state index in [9.17, 15) is 0 Å². The molecule has 0 aliphatic rings. The van der Waals surface area contributed by atoms with Gasteiger partial charge in [0.1, 0.15) is 0 Å². The van der Waals surface area contributed by atoms with Crippen LogP contribution in [0.25, 0.3) is 11.5 Å². The Balaban J connectivity index is 2.55. The second kappa shape index (κ2) is 2.44. The average molecular weight is 162 g/mol. The standard InChI is InChI=1S/C7H8N5/c1-5-3-4-6(12(5)2)7-8-10-11-9-7/h3-4H,1-2H3/q-1. The lowest BCUT2D eigenvalue weighted by atomic mass is 10.4. The van der Waals surface area contributed by atoms with Crippen LogP contribution in [-0.2, 0) is 7.05 Å². The Morgan fingerprint density at radius 1 is 1.42 bits per heavy atom. The highest BCUT2D eigenvalue weighted by molar-refractivity contribution is 5.49. The summed E-state index contributed by atoms with van der Waals surface area (Å²) < 4.78 is 2.00. The zero-order valence-electron chi connectivity index (χ0n) is 6.89. The summed E-state index contributed by atoms with van der Waals surface area (Å²) in [5, 5.41) is 14.4. The summed E-state index contributed by atoms with van der Waals surface area (Å²) in [6, 6.07) is 3.96. The van der Waals surface area contributed by atoms with Crippen LogP contribution in [0.4, 0.5) is 0 Å². The molecule has 5 nitrogen and oxygen atoms in total. The minimum atomic E-state index is 0.575. The van der Waals surface area contributed by atoms with Gasteiger partial charge in [-0.3, -0.25) is 10.3 Å². The number of rotatable bonds is 1. The second-order valence-electron chi connectivity index (χ2n) is 2.62. The molecule has 0 radical (unpaired) electrons. The number of aromatic nitrogens is 5. The van der Waals surface area contributed by atoms with Crippen molar-refractivity contribution in [1.29, 1.82) is 0 Å². The molecule has 0 N–H and O–H groups in total. The Bertz CT molecular complexity index is 372. The van der Waals surface area contributed by atoms with E-state index in [0.717, 1.165) is 11.4 Å². The summed E-state index contributed by atoms with van der Waals surface area (Å²) in [7, 11) is 1.96. The molecule has 0 fully saturated rings. The van der Waals surface area contributed by atoms with E-state index in [1.165, 1.54) is 0 Å². The summed E-state index contributed by atoms with van der Waals surface area (Å²) >= 11 is 0. The van der Waals surface area contributed by atoms with Crippen LogP contribution in [0.3, 0.4) is 0 Å². The molecule has 0 aromatic carbocycles. The molecule has 2 aromatic heterocycles. The third-order valence-corrected chi connectivity index (χ3v) is 1.92. The van der Waals surface area contributed by atoms with Gasteiger partial charge in [0.25, 0.3) is 0 Å². The molecule has 0 amide bonds. The predicted octanol–water partition coefficient (Wildman–Crippen LogP) is 0.143. The summed E-state index contributed by atoms with van der Waals surface area (Å²) in [6.45, 7) is 2.02. The molecule has 0 atom stereocenters. The lowest BCUT2D eigenvalue weighted by Crippen LogP contribution is -1.95. The monoisotopic (exact) mass is 162 g/mol. The zero-order valence-corrected chi connectivity index (χ0v) is 6.89. The van der Waals surface area contributed by atoms with Crippen LogP contribution >= 0.6 is 0 Å². The van der Waals surface area contributed by atoms with Crippen LogP contribution in [0, 0.1) is 6.92 Å². The first-order valence-electron chi connectivity index (χ1n) is 3.60. The van der Waals surface area contributed by atoms with E-state index in [0.29, 0.717) is 5.82 Å². The number of nitrogens with zero attached hydrogens (tertiary/aromatic N) is 5. The Morgan fingerprint density at radius 2 is 2.25 bits per heavy atom. The molecule has 0 aliphatic heterocycles. The van der Waals surface area contributed by atoms with E-state index in [2.05, 4.69) is 20.6 Å². The van der Waals surface area contributed by atoms with E-state index < -0.39 is 0 Å². The van der Waals surface area contributed by atoms with Gasteiger partial charge < -0.3 is 9.67 Å². The smallest absolute Gasteiger partial charge is 0.0562 e. The molecule has 12 heavy (non-hydrogen) atoms. The maximum atomic E-state index is 3.77. The molecule has 0 saturated heterocycles. The Morgan fingerprint density at radius 3 is 2.75 bits per heavy atom. The zero-order chi connectivity index (χ0) is 8.55. The fourth-order valence-electron chi connectivity index (χ4n) is 1.08. The first kappa shape index (κ1) is 7.02. The lowest BCUT2D eigenvalue weighted by molar-refractivity contribution is 0.870. The number of hydrogen-bond donors (Lipinski definition) is 0. The fourth-order valence-corrected chi connectivity index (χ4v) is 1.08. The van der Waals surface area contributed by atoms with Crippen LogP contribution in [0.15, 0.2) is 12.1 Å². The van der Waals surface area contributed by atoms with E-state index in [-0.39, 0.29) is 0 Å². The van der Waals surface area contributed by atoms with Gasteiger partial charge in [-0.2, -0.15) is 5.21 Å². The van der Waals surface area contributed by atoms with Crippen molar-refractivity contribution >= 4 is 0 Å². The van der Waals surface area contributed by atoms with Crippen molar-refractivity contribution in [2.75, 3.05) is 0 Å². The van der Waals surface area contributed by atoms with E-state index in [1.54, 1.807) is 0 Å². The summed E-state index contributed by atoms with van der Waals surface area (Å²) in [5.74, 6) is 0.575. The third-order valence-electron chi connectivity index (χ3n) is 1.92. The maximum absolute atomic E-state index is 3.77. The molecule has 2 aromatic rings. The van der Waals surface area contributed by atoms with Crippen LogP contribution in [0.5, 0.6) is 0 Å². The molecular weight excluding hydrogens is 154 g/mol. The van der Waals surface area contributed by atoms with Crippen molar-refractivity contribution in [1.82, 2.24) is 25.2 Å². The molecule has 2 rings (SSSR count). The highest BCUT2D eigenvalue weighted by Gasteiger charge is 2.00. The Kier molecular flexibility index (Phi) is 1.43. The molecule has 2 heterocycles. The van der Waals surface area contributed by atoms with E-state index >= 15 is 0 Å². The summed E-state index contributed by atoms with van der Waals surface area (Å²) in [4.78, 5) is 0. The van der Waals surface area contributed by atoms with Gasteiger partial charge in [-0.25, -0.2) is 0 Å². The van der Waals surface area contributed by atoms with Crippen LogP contribution < -0.4 is 5.10 Å². The largest absolute Gasteiger partial charge is 0.348 e. The van der Waals surface area contributed by atoms with Crippen molar-refractivity contribution in [3.63, 3.8) is 0 Å². The summed E-state index contributed by atoms with van der Waals surface area (Å²) in [5.41, 5.74) is 2.10. The highest BCUT2D eigenvalue weighted by Crippen LogP contribution is 2.14. The van der Waals surface area contributed by atoms with Gasteiger partial charge in [-0.15, -0.1) is 0 Å². The quantitative estimate of drug-likeness (QED) is 0.598. The van der Waals surface area contributed by atoms with Crippen LogP contribution in [-0.4, -0.2) is 20.1 Å². The molecule has 62 valence electrons. The number of aryl methyl sites for hydroxylation is 1. The fraction of sp³-hybridized carbons (Fsp3) is 0.286. The van der Waals surface area contributed by atoms with Crippen molar-refractivity contribution in [3.8, 4) is 11.5 Å². The minimum absolute atomic E-state index is 0.575. The predicted molar refractivity (Wildman–Crippen MR) is 42.3 cm³/mol. The SMILES string of the molecule is Cc1ccc(-c2nnn[n-]2)n1C. The topological polar surface area (TPSA) is 57.7 Å². The summed E-state index contributed by atoms with van der Waals surface area (Å²) in [6.07, 6.45) is 0. The molecule has 0 aliphatic carbocycles. The van der Waals surface area contributed by atoms with Crippen molar-refractivity contribution < 1.29 is 0 Å². The molecule has 0 bridgehead atoms. The van der Waals surface area contributed by atoms with Crippen molar-refractivity contribution in [2.45, 2.75) is 6.92 Å². The van der Waals surface area contributed by atoms with Gasteiger partial charge in [0.15, 0.2) is 0 Å². The molecular formula is C7H8N5-. The highest BCUT2D eigenvalue weighted by atomic mass is 15.5. The molecule has 0 spiro atoms. The van der Waals surface area contributed by atoms with Gasteiger partial charge in [-0.1, -0.05) is 0 Å². The maximum Gasteiger partial charge on any atom is 0.0562 e. The lowest BCUT2D eigenvalue weighted by Gasteiger charge is -2.03. The Labute approximate surface area is 69.4 Å². The van der Waals surface area contributed by atoms with E-state index in [4.69, 9.17) is 0 Å². The normalized spacial score (nSPS) is 10.5. The third kappa shape index (κ3) is 0.903. The van der Waals surface area contributed by atoms with E-state index in [1.807, 2.05) is 30.7 Å². The molecule has 5 heteroatoms. The average Bonchev–Trinajstić information content (AvgIpc) is 2.64.